The molecule has 0 saturated carbocycles. The maximum absolute atomic E-state index is 14.9. The number of piperazine rings is 1. The topological polar surface area (TPSA) is 73.8 Å². The van der Waals surface area contributed by atoms with Crippen molar-refractivity contribution in [3.8, 4) is 22.9 Å². The van der Waals surface area contributed by atoms with Crippen LogP contribution in [0.4, 0.5) is 14.6 Å². The smallest absolute Gasteiger partial charge is 0.319 e. The number of alkyl halides is 1. The minimum Gasteiger partial charge on any atom is -0.505 e. The quantitative estimate of drug-likeness (QED) is 0.485. The molecule has 4 aliphatic heterocycles. The van der Waals surface area contributed by atoms with E-state index in [0.29, 0.717) is 42.7 Å². The van der Waals surface area contributed by atoms with Crippen LogP contribution in [0.1, 0.15) is 32.1 Å². The number of phenolic OH excluding ortho intramolecular Hbond substituents is 1. The maximum Gasteiger partial charge on any atom is 0.319 e. The molecule has 0 aliphatic carbocycles. The Kier molecular flexibility index (Phi) is 5.87. The van der Waals surface area contributed by atoms with Gasteiger partial charge in [0.25, 0.3) is 0 Å². The van der Waals surface area contributed by atoms with E-state index in [1.54, 1.807) is 12.1 Å². The molecule has 2 N–H and O–H groups in total. The number of nitrogens with zero attached hydrogens (tertiary/aromatic N) is 4. The molecule has 0 amide bonds. The lowest BCUT2D eigenvalue weighted by molar-refractivity contribution is 0.107. The molecule has 5 heterocycles. The van der Waals surface area contributed by atoms with Gasteiger partial charge in [-0.3, -0.25) is 4.90 Å². The number of halogens is 3. The van der Waals surface area contributed by atoms with Crippen molar-refractivity contribution in [1.29, 1.82) is 0 Å². The van der Waals surface area contributed by atoms with Gasteiger partial charge >= 0.3 is 6.01 Å². The van der Waals surface area contributed by atoms with Gasteiger partial charge in [-0.15, -0.1) is 0 Å². The predicted molar refractivity (Wildman–Crippen MR) is 142 cm³/mol. The van der Waals surface area contributed by atoms with Crippen LogP contribution in [0.15, 0.2) is 30.3 Å². The third-order valence-corrected chi connectivity index (χ3v) is 9.19. The van der Waals surface area contributed by atoms with Crippen LogP contribution in [0.25, 0.3) is 22.0 Å². The van der Waals surface area contributed by atoms with Crippen molar-refractivity contribution in [1.82, 2.24) is 20.2 Å². The second-order valence-corrected chi connectivity index (χ2v) is 11.5. The minimum absolute atomic E-state index is 0.124. The van der Waals surface area contributed by atoms with E-state index in [1.165, 1.54) is 12.1 Å². The van der Waals surface area contributed by atoms with Crippen LogP contribution in [0.5, 0.6) is 11.8 Å². The van der Waals surface area contributed by atoms with Gasteiger partial charge in [0.1, 0.15) is 18.6 Å². The highest BCUT2D eigenvalue weighted by atomic mass is 35.5. The Hall–Kier alpha value is -2.75. The fourth-order valence-electron chi connectivity index (χ4n) is 7.09. The standard InChI is InChI=1S/C28H30ClF2N5O2/c29-21-6-7-23(37)25(31)24(21)16-2-5-20-22(10-16)33-27(34-26(20)36-18-3-4-19(36)13-32-12-18)38-15-28-8-1-9-35(28)14-17(30)11-28/h2,5-7,10,17-19,32,37H,1,3-4,8-9,11-15H2/t17-,18?,19?,28+/m1/s1. The van der Waals surface area contributed by atoms with Gasteiger partial charge in [0, 0.05) is 49.1 Å². The molecule has 4 fully saturated rings. The van der Waals surface area contributed by atoms with Gasteiger partial charge in [-0.1, -0.05) is 17.7 Å². The van der Waals surface area contributed by atoms with Gasteiger partial charge in [-0.05, 0) is 62.1 Å². The SMILES string of the molecule is Oc1ccc(Cl)c(-c2ccc3c(N4C5CCC4CNC5)nc(OC[C@@]45CCCN4C[C@H](F)C5)nc3c2)c1F. The van der Waals surface area contributed by atoms with Crippen LogP contribution in [-0.2, 0) is 0 Å². The molecule has 3 aromatic rings. The number of fused-ring (bicyclic) bond motifs is 4. The first-order chi connectivity index (χ1) is 18.4. The second-order valence-electron chi connectivity index (χ2n) is 11.1. The summed E-state index contributed by atoms with van der Waals surface area (Å²) in [4.78, 5) is 14.3. The third-order valence-electron chi connectivity index (χ3n) is 8.87. The Morgan fingerprint density at radius 2 is 1.97 bits per heavy atom. The summed E-state index contributed by atoms with van der Waals surface area (Å²) in [6.45, 7) is 3.44. The molecule has 0 radical (unpaired) electrons. The first-order valence-electron chi connectivity index (χ1n) is 13.4. The van der Waals surface area contributed by atoms with Crippen LogP contribution < -0.4 is 15.0 Å². The molecule has 200 valence electrons. The summed E-state index contributed by atoms with van der Waals surface area (Å²) < 4.78 is 35.5. The number of phenols is 1. The van der Waals surface area contributed by atoms with Crippen molar-refractivity contribution in [3.05, 3.63) is 41.2 Å². The van der Waals surface area contributed by atoms with Crippen LogP contribution in [0, 0.1) is 5.82 Å². The van der Waals surface area contributed by atoms with E-state index in [2.05, 4.69) is 15.1 Å². The van der Waals surface area contributed by atoms with Gasteiger partial charge < -0.3 is 20.1 Å². The first kappa shape index (κ1) is 24.3. The van der Waals surface area contributed by atoms with Gasteiger partial charge in [-0.25, -0.2) is 8.78 Å². The number of nitrogens with one attached hydrogen (secondary N) is 1. The average molecular weight is 542 g/mol. The van der Waals surface area contributed by atoms with Crippen LogP contribution in [0.2, 0.25) is 5.02 Å². The molecule has 38 heavy (non-hydrogen) atoms. The number of hydrogen-bond acceptors (Lipinski definition) is 7. The van der Waals surface area contributed by atoms with Crippen molar-refractivity contribution in [2.45, 2.75) is 55.9 Å². The molecular formula is C28H30ClF2N5O2. The normalized spacial score (nSPS) is 28.8. The zero-order chi connectivity index (χ0) is 26.0. The molecule has 1 aromatic heterocycles. The van der Waals surface area contributed by atoms with Gasteiger partial charge in [0.05, 0.1) is 16.1 Å². The maximum atomic E-state index is 14.9. The van der Waals surface area contributed by atoms with Crippen molar-refractivity contribution in [2.75, 3.05) is 37.7 Å². The molecule has 2 aromatic carbocycles. The van der Waals surface area contributed by atoms with Crippen molar-refractivity contribution < 1.29 is 18.6 Å². The molecule has 4 saturated heterocycles. The Labute approximate surface area is 224 Å². The van der Waals surface area contributed by atoms with E-state index in [-0.39, 0.29) is 22.1 Å². The van der Waals surface area contributed by atoms with Gasteiger partial charge in [0.15, 0.2) is 11.6 Å². The fourth-order valence-corrected chi connectivity index (χ4v) is 7.34. The number of aromatic hydroxyl groups is 1. The number of ether oxygens (including phenoxy) is 1. The lowest BCUT2D eigenvalue weighted by Crippen LogP contribution is -2.52. The Balaban J connectivity index is 1.31. The number of anilines is 1. The number of benzene rings is 2. The lowest BCUT2D eigenvalue weighted by Gasteiger charge is -2.37. The Morgan fingerprint density at radius 3 is 2.79 bits per heavy atom. The molecule has 2 bridgehead atoms. The highest BCUT2D eigenvalue weighted by Crippen LogP contribution is 2.42. The average Bonchev–Trinajstić information content (AvgIpc) is 3.51. The molecule has 10 heteroatoms. The van der Waals surface area contributed by atoms with E-state index < -0.39 is 17.7 Å². The van der Waals surface area contributed by atoms with Crippen molar-refractivity contribution in [3.63, 3.8) is 0 Å². The first-order valence-corrected chi connectivity index (χ1v) is 13.8. The second kappa shape index (κ2) is 9.17. The minimum atomic E-state index is -0.840. The Morgan fingerprint density at radius 1 is 1.16 bits per heavy atom. The fraction of sp³-hybridized carbons (Fsp3) is 0.500. The van der Waals surface area contributed by atoms with E-state index in [4.69, 9.17) is 26.3 Å². The van der Waals surface area contributed by atoms with Crippen molar-refractivity contribution in [2.24, 2.45) is 0 Å². The summed E-state index contributed by atoms with van der Waals surface area (Å²) >= 11 is 6.34. The molecule has 2 unspecified atom stereocenters. The summed E-state index contributed by atoms with van der Waals surface area (Å²) in [5.74, 6) is -0.425. The molecular weight excluding hydrogens is 512 g/mol. The highest BCUT2D eigenvalue weighted by molar-refractivity contribution is 6.33. The van der Waals surface area contributed by atoms with E-state index in [0.717, 1.165) is 56.5 Å². The lowest BCUT2D eigenvalue weighted by atomic mass is 9.95. The third kappa shape index (κ3) is 3.89. The largest absolute Gasteiger partial charge is 0.505 e. The summed E-state index contributed by atoms with van der Waals surface area (Å²) in [6, 6.07) is 9.07. The van der Waals surface area contributed by atoms with Gasteiger partial charge in [-0.2, -0.15) is 9.97 Å². The van der Waals surface area contributed by atoms with Gasteiger partial charge in [0.2, 0.25) is 0 Å². The molecule has 7 nitrogen and oxygen atoms in total. The van der Waals surface area contributed by atoms with E-state index in [9.17, 15) is 13.9 Å². The van der Waals surface area contributed by atoms with E-state index in [1.807, 2.05) is 6.07 Å². The number of hydrogen-bond donors (Lipinski definition) is 2. The molecule has 4 aliphatic rings. The summed E-state index contributed by atoms with van der Waals surface area (Å²) in [6.07, 6.45) is 3.72. The van der Waals surface area contributed by atoms with E-state index >= 15 is 0 Å². The monoisotopic (exact) mass is 541 g/mol. The van der Waals surface area contributed by atoms with Crippen LogP contribution in [0.3, 0.4) is 0 Å². The zero-order valence-corrected chi connectivity index (χ0v) is 21.7. The summed E-state index contributed by atoms with van der Waals surface area (Å²) in [7, 11) is 0. The molecule has 4 atom stereocenters. The summed E-state index contributed by atoms with van der Waals surface area (Å²) in [5.41, 5.74) is 0.923. The van der Waals surface area contributed by atoms with Crippen LogP contribution in [-0.4, -0.2) is 76.6 Å². The number of aromatic nitrogens is 2. The van der Waals surface area contributed by atoms with Crippen LogP contribution >= 0.6 is 11.6 Å². The summed E-state index contributed by atoms with van der Waals surface area (Å²) in [5, 5.41) is 14.5. The Bertz CT molecular complexity index is 1390. The molecule has 7 rings (SSSR count). The zero-order valence-electron chi connectivity index (χ0n) is 21.0. The predicted octanol–water partition coefficient (Wildman–Crippen LogP) is 4.69. The number of rotatable bonds is 5. The van der Waals surface area contributed by atoms with Crippen molar-refractivity contribution >= 4 is 28.3 Å². The molecule has 0 spiro atoms. The highest BCUT2D eigenvalue weighted by Gasteiger charge is 2.49.